The SMILES string of the molecule is CCOC(CC)(CC)c1nc(C)c(Br)c(Cl)n1. The maximum Gasteiger partial charge on any atom is 0.162 e. The quantitative estimate of drug-likeness (QED) is 0.760. The van der Waals surface area contributed by atoms with Crippen molar-refractivity contribution in [1.29, 1.82) is 0 Å². The molecule has 0 spiro atoms. The highest BCUT2D eigenvalue weighted by Crippen LogP contribution is 2.33. The molecule has 0 fully saturated rings. The number of ether oxygens (including phenoxy) is 1. The smallest absolute Gasteiger partial charge is 0.162 e. The first-order chi connectivity index (χ1) is 8.00. The Balaban J connectivity index is 3.28. The van der Waals surface area contributed by atoms with Crippen LogP contribution in [0.5, 0.6) is 0 Å². The molecule has 0 aliphatic carbocycles. The summed E-state index contributed by atoms with van der Waals surface area (Å²) in [5.74, 6) is 0.676. The summed E-state index contributed by atoms with van der Waals surface area (Å²) in [5, 5.41) is 0.443. The van der Waals surface area contributed by atoms with Gasteiger partial charge in [-0.25, -0.2) is 9.97 Å². The number of halogens is 2. The van der Waals surface area contributed by atoms with Crippen LogP contribution in [0.1, 0.15) is 45.1 Å². The Morgan fingerprint density at radius 3 is 2.24 bits per heavy atom. The third-order valence-electron chi connectivity index (χ3n) is 2.95. The molecular formula is C12H18BrClN2O. The van der Waals surface area contributed by atoms with Crippen LogP contribution in [0.4, 0.5) is 0 Å². The Labute approximate surface area is 116 Å². The molecule has 0 saturated carbocycles. The molecule has 1 rings (SSSR count). The zero-order valence-corrected chi connectivity index (χ0v) is 13.0. The van der Waals surface area contributed by atoms with E-state index in [4.69, 9.17) is 16.3 Å². The minimum absolute atomic E-state index is 0.427. The minimum Gasteiger partial charge on any atom is -0.367 e. The fraction of sp³-hybridized carbons (Fsp3) is 0.667. The fourth-order valence-electron chi connectivity index (χ4n) is 1.84. The molecule has 0 atom stereocenters. The van der Waals surface area contributed by atoms with Crippen molar-refractivity contribution in [1.82, 2.24) is 9.97 Å². The third-order valence-corrected chi connectivity index (χ3v) is 4.40. The molecule has 0 N–H and O–H groups in total. The van der Waals surface area contributed by atoms with Gasteiger partial charge in [0, 0.05) is 6.61 Å². The van der Waals surface area contributed by atoms with Gasteiger partial charge in [0.2, 0.25) is 0 Å². The second-order valence-corrected chi connectivity index (χ2v) is 5.02. The molecule has 0 amide bonds. The van der Waals surface area contributed by atoms with E-state index in [1.165, 1.54) is 0 Å². The molecule has 1 aromatic rings. The van der Waals surface area contributed by atoms with Gasteiger partial charge in [-0.3, -0.25) is 0 Å². The second-order valence-electron chi connectivity index (χ2n) is 3.87. The van der Waals surface area contributed by atoms with Gasteiger partial charge < -0.3 is 4.74 Å². The largest absolute Gasteiger partial charge is 0.367 e. The normalized spacial score (nSPS) is 11.9. The summed E-state index contributed by atoms with van der Waals surface area (Å²) in [6, 6.07) is 0. The molecule has 0 aliphatic heterocycles. The summed E-state index contributed by atoms with van der Waals surface area (Å²) >= 11 is 9.45. The van der Waals surface area contributed by atoms with Crippen LogP contribution >= 0.6 is 27.5 Å². The van der Waals surface area contributed by atoms with Crippen LogP contribution in [-0.4, -0.2) is 16.6 Å². The molecule has 0 unspecified atom stereocenters. The number of aromatic nitrogens is 2. The van der Waals surface area contributed by atoms with Gasteiger partial charge in [-0.15, -0.1) is 0 Å². The number of rotatable bonds is 5. The topological polar surface area (TPSA) is 35.0 Å². The maximum absolute atomic E-state index is 6.09. The van der Waals surface area contributed by atoms with E-state index >= 15 is 0 Å². The summed E-state index contributed by atoms with van der Waals surface area (Å²) in [7, 11) is 0. The molecule has 0 aromatic carbocycles. The standard InChI is InChI=1S/C12H18BrClN2O/c1-5-12(6-2,17-7-3)11-15-8(4)9(13)10(14)16-11/h5-7H2,1-4H3. The van der Waals surface area contributed by atoms with Crippen molar-refractivity contribution >= 4 is 27.5 Å². The van der Waals surface area contributed by atoms with Gasteiger partial charge in [-0.05, 0) is 42.6 Å². The predicted molar refractivity (Wildman–Crippen MR) is 73.4 cm³/mol. The van der Waals surface area contributed by atoms with Gasteiger partial charge in [0.1, 0.15) is 10.8 Å². The molecule has 5 heteroatoms. The van der Waals surface area contributed by atoms with Crippen molar-refractivity contribution in [3.8, 4) is 0 Å². The Morgan fingerprint density at radius 2 is 1.82 bits per heavy atom. The third kappa shape index (κ3) is 2.98. The van der Waals surface area contributed by atoms with Crippen LogP contribution in [0, 0.1) is 6.92 Å². The molecular weight excluding hydrogens is 304 g/mol. The average Bonchev–Trinajstić information content (AvgIpc) is 2.32. The predicted octanol–water partition coefficient (Wildman–Crippen LogP) is 4.25. The second kappa shape index (κ2) is 6.12. The van der Waals surface area contributed by atoms with E-state index < -0.39 is 5.60 Å². The van der Waals surface area contributed by atoms with E-state index in [1.54, 1.807) is 0 Å². The van der Waals surface area contributed by atoms with Crippen LogP contribution in [0.3, 0.4) is 0 Å². The first-order valence-electron chi connectivity index (χ1n) is 5.84. The van der Waals surface area contributed by atoms with Gasteiger partial charge in [0.15, 0.2) is 5.82 Å². The highest BCUT2D eigenvalue weighted by atomic mass is 79.9. The van der Waals surface area contributed by atoms with Crippen LogP contribution in [0.25, 0.3) is 0 Å². The maximum atomic E-state index is 6.09. The highest BCUT2D eigenvalue weighted by molar-refractivity contribution is 9.10. The molecule has 1 heterocycles. The van der Waals surface area contributed by atoms with E-state index in [-0.39, 0.29) is 0 Å². The van der Waals surface area contributed by atoms with Crippen molar-refractivity contribution in [2.45, 2.75) is 46.1 Å². The van der Waals surface area contributed by atoms with E-state index in [1.807, 2.05) is 13.8 Å². The number of hydrogen-bond acceptors (Lipinski definition) is 3. The van der Waals surface area contributed by atoms with Crippen molar-refractivity contribution in [2.24, 2.45) is 0 Å². The lowest BCUT2D eigenvalue weighted by Crippen LogP contribution is -2.31. The van der Waals surface area contributed by atoms with Crippen LogP contribution in [0.15, 0.2) is 4.47 Å². The van der Waals surface area contributed by atoms with Gasteiger partial charge in [-0.2, -0.15) is 0 Å². The first-order valence-corrected chi connectivity index (χ1v) is 7.01. The Hall–Kier alpha value is -0.190. The fourth-order valence-corrected chi connectivity index (χ4v) is 2.23. The summed E-state index contributed by atoms with van der Waals surface area (Å²) in [4.78, 5) is 8.85. The van der Waals surface area contributed by atoms with Crippen LogP contribution < -0.4 is 0 Å². The van der Waals surface area contributed by atoms with E-state index in [2.05, 4.69) is 39.7 Å². The lowest BCUT2D eigenvalue weighted by Gasteiger charge is -2.30. The van der Waals surface area contributed by atoms with Gasteiger partial charge >= 0.3 is 0 Å². The summed E-state index contributed by atoms with van der Waals surface area (Å²) in [6.07, 6.45) is 1.66. The Morgan fingerprint density at radius 1 is 1.24 bits per heavy atom. The molecule has 0 radical (unpaired) electrons. The number of hydrogen-bond donors (Lipinski definition) is 0. The molecule has 0 aliphatic rings. The first kappa shape index (κ1) is 14.9. The monoisotopic (exact) mass is 320 g/mol. The molecule has 17 heavy (non-hydrogen) atoms. The van der Waals surface area contributed by atoms with E-state index in [9.17, 15) is 0 Å². The Kier molecular flexibility index (Phi) is 5.35. The molecule has 96 valence electrons. The van der Waals surface area contributed by atoms with E-state index in [0.717, 1.165) is 23.0 Å². The summed E-state index contributed by atoms with van der Waals surface area (Å²) < 4.78 is 6.62. The molecule has 0 bridgehead atoms. The highest BCUT2D eigenvalue weighted by Gasteiger charge is 2.33. The lowest BCUT2D eigenvalue weighted by molar-refractivity contribution is -0.0572. The number of nitrogens with zero attached hydrogens (tertiary/aromatic N) is 2. The minimum atomic E-state index is -0.427. The van der Waals surface area contributed by atoms with Crippen molar-refractivity contribution in [2.75, 3.05) is 6.61 Å². The van der Waals surface area contributed by atoms with Crippen molar-refractivity contribution < 1.29 is 4.74 Å². The number of aryl methyl sites for hydroxylation is 1. The molecule has 3 nitrogen and oxygen atoms in total. The van der Waals surface area contributed by atoms with Crippen LogP contribution in [0.2, 0.25) is 5.15 Å². The van der Waals surface area contributed by atoms with E-state index in [0.29, 0.717) is 17.6 Å². The van der Waals surface area contributed by atoms with Crippen LogP contribution in [-0.2, 0) is 10.3 Å². The van der Waals surface area contributed by atoms with Gasteiger partial charge in [-0.1, -0.05) is 25.4 Å². The zero-order chi connectivity index (χ0) is 13.1. The van der Waals surface area contributed by atoms with Gasteiger partial charge in [0.25, 0.3) is 0 Å². The zero-order valence-electron chi connectivity index (χ0n) is 10.7. The van der Waals surface area contributed by atoms with Crippen molar-refractivity contribution in [3.63, 3.8) is 0 Å². The van der Waals surface area contributed by atoms with Crippen molar-refractivity contribution in [3.05, 3.63) is 21.1 Å². The molecule has 1 aromatic heterocycles. The summed E-state index contributed by atoms with van der Waals surface area (Å²) in [6.45, 7) is 8.68. The molecule has 0 saturated heterocycles. The average molecular weight is 322 g/mol. The lowest BCUT2D eigenvalue weighted by atomic mass is 9.96. The summed E-state index contributed by atoms with van der Waals surface area (Å²) in [5.41, 5.74) is 0.412. The Bertz CT molecular complexity index is 371. The van der Waals surface area contributed by atoms with Gasteiger partial charge in [0.05, 0.1) is 10.2 Å².